The van der Waals surface area contributed by atoms with Crippen molar-refractivity contribution in [3.8, 4) is 0 Å². The van der Waals surface area contributed by atoms with E-state index in [-0.39, 0.29) is 17.4 Å². The van der Waals surface area contributed by atoms with Gasteiger partial charge in [0.1, 0.15) is 0 Å². The van der Waals surface area contributed by atoms with E-state index in [1.807, 2.05) is 32.9 Å². The molecule has 1 aromatic rings. The monoisotopic (exact) mass is 400 g/mol. The fraction of sp³-hybridized carbons (Fsp3) is 0.500. The van der Waals surface area contributed by atoms with Crippen LogP contribution >= 0.6 is 11.8 Å². The number of carbonyl (C=O) groups is 2. The highest BCUT2D eigenvalue weighted by molar-refractivity contribution is 8.14. The van der Waals surface area contributed by atoms with Crippen LogP contribution in [0.15, 0.2) is 40.5 Å². The molecule has 1 aromatic carbocycles. The van der Waals surface area contributed by atoms with Crippen LogP contribution < -0.4 is 0 Å². The van der Waals surface area contributed by atoms with E-state index in [9.17, 15) is 9.59 Å². The zero-order chi connectivity index (χ0) is 20.6. The first kappa shape index (κ1) is 20.6. The summed E-state index contributed by atoms with van der Waals surface area (Å²) in [6, 6.07) is 7.66. The number of benzene rings is 1. The van der Waals surface area contributed by atoms with Crippen LogP contribution in [0.25, 0.3) is 0 Å². The van der Waals surface area contributed by atoms with Crippen LogP contribution in [0.5, 0.6) is 0 Å². The summed E-state index contributed by atoms with van der Waals surface area (Å²) in [5.41, 5.74) is 3.18. The summed E-state index contributed by atoms with van der Waals surface area (Å²) in [4.78, 5) is 31.9. The Morgan fingerprint density at radius 3 is 2.46 bits per heavy atom. The van der Waals surface area contributed by atoms with Crippen molar-refractivity contribution in [3.63, 3.8) is 0 Å². The number of esters is 1. The number of carbonyl (C=O) groups excluding carboxylic acids is 2. The normalized spacial score (nSPS) is 20.2. The average molecular weight is 401 g/mol. The summed E-state index contributed by atoms with van der Waals surface area (Å²) in [6.45, 7) is 11.9. The van der Waals surface area contributed by atoms with Gasteiger partial charge in [0.25, 0.3) is 0 Å². The van der Waals surface area contributed by atoms with E-state index in [0.29, 0.717) is 28.6 Å². The molecule has 1 saturated heterocycles. The van der Waals surface area contributed by atoms with E-state index >= 15 is 0 Å². The molecule has 0 N–H and O–H groups in total. The standard InChI is InChI=1S/C22H28N2O3S/c1-13(2)27-20(26)18-14(3)23-21-24(17(25)11-12-28-21)19(18)15-7-9-16(10-8-15)22(4,5)6/h7-10,13,19H,11-12H2,1-6H3/t19-/m0/s1. The van der Waals surface area contributed by atoms with Crippen LogP contribution in [-0.4, -0.2) is 33.8 Å². The maximum atomic E-state index is 12.9. The molecule has 2 aliphatic heterocycles. The van der Waals surface area contributed by atoms with Gasteiger partial charge >= 0.3 is 5.97 Å². The minimum Gasteiger partial charge on any atom is -0.459 e. The van der Waals surface area contributed by atoms with Crippen molar-refractivity contribution in [2.75, 3.05) is 5.75 Å². The molecule has 150 valence electrons. The van der Waals surface area contributed by atoms with Crippen LogP contribution in [0, 0.1) is 0 Å². The first-order valence-corrected chi connectivity index (χ1v) is 10.6. The summed E-state index contributed by atoms with van der Waals surface area (Å²) < 4.78 is 5.49. The van der Waals surface area contributed by atoms with E-state index in [0.717, 1.165) is 5.56 Å². The summed E-state index contributed by atoms with van der Waals surface area (Å²) in [5.74, 6) is 0.288. The lowest BCUT2D eigenvalue weighted by atomic mass is 9.85. The Morgan fingerprint density at radius 2 is 1.89 bits per heavy atom. The molecule has 0 unspecified atom stereocenters. The number of ether oxygens (including phenoxy) is 1. The predicted molar refractivity (Wildman–Crippen MR) is 113 cm³/mol. The number of nitrogens with zero attached hydrogens (tertiary/aromatic N) is 2. The van der Waals surface area contributed by atoms with Crippen molar-refractivity contribution < 1.29 is 14.3 Å². The third-order valence-electron chi connectivity index (χ3n) is 4.86. The summed E-state index contributed by atoms with van der Waals surface area (Å²) in [7, 11) is 0. The second-order valence-corrected chi connectivity index (χ2v) is 9.55. The van der Waals surface area contributed by atoms with E-state index in [1.165, 1.54) is 5.56 Å². The molecule has 1 fully saturated rings. The number of aliphatic imine (C=N–C) groups is 1. The lowest BCUT2D eigenvalue weighted by Gasteiger charge is -2.39. The quantitative estimate of drug-likeness (QED) is 0.697. The Balaban J connectivity index is 2.10. The maximum Gasteiger partial charge on any atom is 0.338 e. The number of rotatable bonds is 3. The second-order valence-electron chi connectivity index (χ2n) is 8.48. The van der Waals surface area contributed by atoms with Gasteiger partial charge in [-0.3, -0.25) is 9.69 Å². The van der Waals surface area contributed by atoms with E-state index < -0.39 is 12.0 Å². The van der Waals surface area contributed by atoms with Crippen molar-refractivity contribution in [1.29, 1.82) is 0 Å². The van der Waals surface area contributed by atoms with Crippen LogP contribution in [0.2, 0.25) is 0 Å². The van der Waals surface area contributed by atoms with Gasteiger partial charge in [-0.25, -0.2) is 9.79 Å². The fourth-order valence-corrected chi connectivity index (χ4v) is 4.42. The topological polar surface area (TPSA) is 59.0 Å². The van der Waals surface area contributed by atoms with Crippen molar-refractivity contribution in [2.45, 2.75) is 65.5 Å². The molecule has 1 atom stereocenters. The third kappa shape index (κ3) is 4.02. The SMILES string of the molecule is CC1=C(C(=O)OC(C)C)[C@H](c2ccc(C(C)(C)C)cc2)N2C(=O)CCSC2=N1. The molecule has 2 aliphatic rings. The fourth-order valence-electron chi connectivity index (χ4n) is 3.42. The second kappa shape index (κ2) is 7.74. The van der Waals surface area contributed by atoms with Gasteiger partial charge in [0.15, 0.2) is 5.17 Å². The van der Waals surface area contributed by atoms with Crippen molar-refractivity contribution in [1.82, 2.24) is 4.90 Å². The van der Waals surface area contributed by atoms with E-state index in [2.05, 4.69) is 37.9 Å². The number of allylic oxidation sites excluding steroid dienone is 1. The van der Waals surface area contributed by atoms with Gasteiger partial charge in [-0.1, -0.05) is 56.8 Å². The lowest BCUT2D eigenvalue weighted by Crippen LogP contribution is -2.46. The van der Waals surface area contributed by atoms with Crippen LogP contribution in [0.3, 0.4) is 0 Å². The molecule has 5 nitrogen and oxygen atoms in total. The molecule has 3 rings (SSSR count). The third-order valence-corrected chi connectivity index (χ3v) is 5.82. The van der Waals surface area contributed by atoms with E-state index in [4.69, 9.17) is 4.74 Å². The summed E-state index contributed by atoms with van der Waals surface area (Å²) in [6.07, 6.45) is 0.194. The molecule has 28 heavy (non-hydrogen) atoms. The zero-order valence-corrected chi connectivity index (χ0v) is 18.2. The number of hydrogen-bond acceptors (Lipinski definition) is 5. The highest BCUT2D eigenvalue weighted by Crippen LogP contribution is 2.40. The van der Waals surface area contributed by atoms with Gasteiger partial charge in [0.2, 0.25) is 5.91 Å². The molecular formula is C22H28N2O3S. The van der Waals surface area contributed by atoms with Gasteiger partial charge in [-0.05, 0) is 37.3 Å². The minimum absolute atomic E-state index is 0.00950. The molecular weight excluding hydrogens is 372 g/mol. The number of thioether (sulfide) groups is 1. The summed E-state index contributed by atoms with van der Waals surface area (Å²) in [5, 5.41) is 0.666. The smallest absolute Gasteiger partial charge is 0.338 e. The van der Waals surface area contributed by atoms with Gasteiger partial charge in [0.05, 0.1) is 23.4 Å². The summed E-state index contributed by atoms with van der Waals surface area (Å²) >= 11 is 1.56. The van der Waals surface area contributed by atoms with Crippen molar-refractivity contribution in [3.05, 3.63) is 46.7 Å². The highest BCUT2D eigenvalue weighted by Gasteiger charge is 2.41. The van der Waals surface area contributed by atoms with E-state index in [1.54, 1.807) is 16.7 Å². The molecule has 0 saturated carbocycles. The Bertz CT molecular complexity index is 848. The number of hydrogen-bond donors (Lipinski definition) is 0. The molecule has 0 spiro atoms. The molecule has 6 heteroatoms. The van der Waals surface area contributed by atoms with Crippen molar-refractivity contribution in [2.24, 2.45) is 4.99 Å². The zero-order valence-electron chi connectivity index (χ0n) is 17.4. The molecule has 2 heterocycles. The average Bonchev–Trinajstić information content (AvgIpc) is 2.59. The van der Waals surface area contributed by atoms with Crippen molar-refractivity contribution >= 4 is 28.8 Å². The predicted octanol–water partition coefficient (Wildman–Crippen LogP) is 4.59. The maximum absolute atomic E-state index is 12.9. The Kier molecular flexibility index (Phi) is 5.71. The first-order chi connectivity index (χ1) is 13.1. The Hall–Kier alpha value is -2.08. The van der Waals surface area contributed by atoms with Crippen LogP contribution in [0.4, 0.5) is 0 Å². The van der Waals surface area contributed by atoms with Gasteiger partial charge < -0.3 is 4.74 Å². The molecule has 1 amide bonds. The largest absolute Gasteiger partial charge is 0.459 e. The highest BCUT2D eigenvalue weighted by atomic mass is 32.2. The van der Waals surface area contributed by atoms with Gasteiger partial charge in [0, 0.05) is 12.2 Å². The number of fused-ring (bicyclic) bond motifs is 1. The van der Waals surface area contributed by atoms with Crippen LogP contribution in [0.1, 0.15) is 65.1 Å². The van der Waals surface area contributed by atoms with Gasteiger partial charge in [-0.15, -0.1) is 0 Å². The molecule has 0 radical (unpaired) electrons. The number of amidine groups is 1. The minimum atomic E-state index is -0.506. The Morgan fingerprint density at radius 1 is 1.25 bits per heavy atom. The molecule has 0 aromatic heterocycles. The molecule has 0 bridgehead atoms. The number of amides is 1. The van der Waals surface area contributed by atoms with Gasteiger partial charge in [-0.2, -0.15) is 0 Å². The Labute approximate surface area is 171 Å². The van der Waals surface area contributed by atoms with Crippen LogP contribution in [-0.2, 0) is 19.7 Å². The molecule has 0 aliphatic carbocycles. The lowest BCUT2D eigenvalue weighted by molar-refractivity contribution is -0.143. The first-order valence-electron chi connectivity index (χ1n) is 9.65.